The molecule has 4 heterocycles. The molecule has 0 radical (unpaired) electrons. The second-order valence-electron chi connectivity index (χ2n) is 13.3. The highest BCUT2D eigenvalue weighted by atomic mass is 35.5. The molecule has 64 heavy (non-hydrogen) atoms. The summed E-state index contributed by atoms with van der Waals surface area (Å²) < 4.78 is 7.61. The number of nitro groups is 1. The summed E-state index contributed by atoms with van der Waals surface area (Å²) in [5.41, 5.74) is 15.1. The normalized spacial score (nSPS) is 11.1. The predicted octanol–water partition coefficient (Wildman–Crippen LogP) is 7.23. The predicted molar refractivity (Wildman–Crippen MR) is 248 cm³/mol. The number of nitro benzene ring substituents is 1. The molecule has 0 aliphatic heterocycles. The smallest absolute Gasteiger partial charge is 0.409 e. The fourth-order valence-corrected chi connectivity index (χ4v) is 5.78. The number of rotatable bonds is 12. The van der Waals surface area contributed by atoms with Crippen LogP contribution in [0.4, 0.5) is 16.2 Å². The Hall–Kier alpha value is -6.32. The number of nitrogen functional groups attached to an aromatic ring is 1. The summed E-state index contributed by atoms with van der Waals surface area (Å²) in [6.07, 6.45) is 10.4. The monoisotopic (exact) mass is 951 g/mol. The number of benzene rings is 3. The van der Waals surface area contributed by atoms with E-state index in [1.165, 1.54) is 24.3 Å². The maximum Gasteiger partial charge on any atom is 0.409 e. The molecule has 0 aliphatic rings. The van der Waals surface area contributed by atoms with Gasteiger partial charge in [-0.3, -0.25) is 14.9 Å². The number of non-ortho nitro benzene ring substituents is 1. The summed E-state index contributed by atoms with van der Waals surface area (Å²) in [6, 6.07) is 23.9. The number of aliphatic hydroxyl groups excluding tert-OH is 2. The van der Waals surface area contributed by atoms with Crippen molar-refractivity contribution in [1.82, 2.24) is 39.5 Å². The van der Waals surface area contributed by atoms with Gasteiger partial charge in [0.15, 0.2) is 11.6 Å². The molecule has 0 saturated heterocycles. The molecule has 0 saturated carbocycles. The topological polar surface area (TPSA) is 266 Å². The summed E-state index contributed by atoms with van der Waals surface area (Å²) >= 11 is 16.4. The molecular formula is C42H44Cl3N11O7S. The molecule has 0 unspecified atom stereocenters. The molecule has 2 atom stereocenters. The van der Waals surface area contributed by atoms with Crippen LogP contribution < -0.4 is 16.2 Å². The SMILES string of the molecule is Cc1cnc(Cl)nc1-n1cc(CC(=O)C[C@H](CO)c2ccccc2)cn1.Cc1cnc(Cl)nc1-n1cc(N)cn1.N[C@H](CO)c1ccccc1.O=C(Cl)Oc1ccc([N+](=O)[O-])cc1.S. The molecule has 22 heteroatoms. The van der Waals surface area contributed by atoms with Gasteiger partial charge < -0.3 is 26.4 Å². The number of ketones is 1. The van der Waals surface area contributed by atoms with E-state index in [2.05, 4.69) is 34.9 Å². The van der Waals surface area contributed by atoms with Gasteiger partial charge in [-0.05, 0) is 65.9 Å². The van der Waals surface area contributed by atoms with E-state index in [0.29, 0.717) is 17.3 Å². The number of nitrogens with zero attached hydrogens (tertiary/aromatic N) is 9. The fraction of sp³-hybridized carbons (Fsp3) is 0.190. The number of halogens is 3. The van der Waals surface area contributed by atoms with Gasteiger partial charge >= 0.3 is 5.43 Å². The zero-order valence-corrected chi connectivity index (χ0v) is 37.5. The van der Waals surface area contributed by atoms with Gasteiger partial charge in [-0.25, -0.2) is 24.1 Å². The van der Waals surface area contributed by atoms with Crippen molar-refractivity contribution >= 4 is 70.9 Å². The van der Waals surface area contributed by atoms with Gasteiger partial charge in [-0.2, -0.15) is 33.7 Å². The molecule has 7 rings (SSSR count). The highest BCUT2D eigenvalue weighted by Crippen LogP contribution is 2.21. The van der Waals surface area contributed by atoms with Crippen molar-refractivity contribution in [1.29, 1.82) is 0 Å². The average Bonchev–Trinajstić information content (AvgIpc) is 3.94. The first kappa shape index (κ1) is 52.0. The number of aliphatic hydroxyl groups is 2. The molecule has 3 aromatic carbocycles. The van der Waals surface area contributed by atoms with Crippen molar-refractivity contribution < 1.29 is 29.5 Å². The zero-order chi connectivity index (χ0) is 45.9. The molecule has 0 fully saturated rings. The number of hydrogen-bond donors (Lipinski definition) is 4. The Bertz CT molecular complexity index is 2550. The van der Waals surface area contributed by atoms with Gasteiger partial charge in [0.05, 0.1) is 48.5 Å². The molecule has 6 N–H and O–H groups in total. The average molecular weight is 953 g/mol. The lowest BCUT2D eigenvalue weighted by molar-refractivity contribution is -0.384. The minimum absolute atomic E-state index is 0. The van der Waals surface area contributed by atoms with Crippen molar-refractivity contribution in [2.45, 2.75) is 38.6 Å². The molecule has 0 amide bonds. The van der Waals surface area contributed by atoms with Gasteiger partial charge in [0, 0.05) is 72.2 Å². The summed E-state index contributed by atoms with van der Waals surface area (Å²) in [4.78, 5) is 48.3. The number of hydrogen-bond acceptors (Lipinski definition) is 15. The Morgan fingerprint density at radius 1 is 0.781 bits per heavy atom. The molecule has 7 aromatic rings. The second kappa shape index (κ2) is 26.3. The third kappa shape index (κ3) is 16.8. The maximum atomic E-state index is 12.4. The minimum atomic E-state index is -0.978. The Kier molecular flexibility index (Phi) is 21.4. The summed E-state index contributed by atoms with van der Waals surface area (Å²) in [5, 5.41) is 37.1. The third-order valence-corrected chi connectivity index (χ3v) is 8.98. The highest BCUT2D eigenvalue weighted by molar-refractivity contribution is 7.59. The van der Waals surface area contributed by atoms with Crippen LogP contribution in [0.5, 0.6) is 5.75 Å². The van der Waals surface area contributed by atoms with E-state index in [4.69, 9.17) is 51.4 Å². The molecule has 336 valence electrons. The van der Waals surface area contributed by atoms with Crippen LogP contribution in [0.15, 0.2) is 122 Å². The highest BCUT2D eigenvalue weighted by Gasteiger charge is 2.17. The number of carbonyl (C=O) groups is 2. The Balaban J connectivity index is 0.000000244. The van der Waals surface area contributed by atoms with E-state index < -0.39 is 10.4 Å². The van der Waals surface area contributed by atoms with Gasteiger partial charge in [-0.1, -0.05) is 60.7 Å². The van der Waals surface area contributed by atoms with Crippen LogP contribution in [-0.2, 0) is 11.2 Å². The lowest BCUT2D eigenvalue weighted by Gasteiger charge is -2.13. The van der Waals surface area contributed by atoms with Crippen molar-refractivity contribution in [3.63, 3.8) is 0 Å². The molecule has 0 bridgehead atoms. The summed E-state index contributed by atoms with van der Waals surface area (Å²) in [7, 11) is 0. The fourth-order valence-electron chi connectivity index (χ4n) is 5.43. The van der Waals surface area contributed by atoms with Gasteiger partial charge in [0.25, 0.3) is 5.69 Å². The molecule has 0 spiro atoms. The molecule has 18 nitrogen and oxygen atoms in total. The van der Waals surface area contributed by atoms with Crippen molar-refractivity contribution in [3.05, 3.63) is 171 Å². The maximum absolute atomic E-state index is 12.4. The Morgan fingerprint density at radius 3 is 1.77 bits per heavy atom. The van der Waals surface area contributed by atoms with E-state index in [1.54, 1.807) is 46.5 Å². The van der Waals surface area contributed by atoms with Crippen LogP contribution in [0.25, 0.3) is 11.6 Å². The number of Topliss-reactive ketones (excluding diaryl/α,β-unsaturated/α-hetero) is 1. The molecular weight excluding hydrogens is 909 g/mol. The Morgan fingerprint density at radius 2 is 1.30 bits per heavy atom. The van der Waals surface area contributed by atoms with Gasteiger partial charge in [0.1, 0.15) is 11.5 Å². The number of carbonyl (C=O) groups excluding carboxylic acids is 2. The zero-order valence-electron chi connectivity index (χ0n) is 34.3. The molecule has 4 aromatic heterocycles. The second-order valence-corrected chi connectivity index (χ2v) is 14.3. The first-order valence-electron chi connectivity index (χ1n) is 18.7. The first-order chi connectivity index (χ1) is 30.2. The van der Waals surface area contributed by atoms with E-state index in [1.807, 2.05) is 74.5 Å². The first-order valence-corrected chi connectivity index (χ1v) is 19.8. The molecule has 0 aliphatic carbocycles. The van der Waals surface area contributed by atoms with Crippen LogP contribution in [-0.4, -0.2) is 79.1 Å². The van der Waals surface area contributed by atoms with Crippen LogP contribution in [0.3, 0.4) is 0 Å². The van der Waals surface area contributed by atoms with Crippen molar-refractivity contribution in [2.24, 2.45) is 5.73 Å². The summed E-state index contributed by atoms with van der Waals surface area (Å²) in [6.45, 7) is 3.69. The van der Waals surface area contributed by atoms with Crippen LogP contribution >= 0.6 is 48.3 Å². The van der Waals surface area contributed by atoms with Crippen molar-refractivity contribution in [3.8, 4) is 17.4 Å². The van der Waals surface area contributed by atoms with Crippen LogP contribution in [0, 0.1) is 24.0 Å². The van der Waals surface area contributed by atoms with E-state index in [0.717, 1.165) is 27.8 Å². The van der Waals surface area contributed by atoms with Gasteiger partial charge in [-0.15, -0.1) is 0 Å². The third-order valence-electron chi connectivity index (χ3n) is 8.54. The minimum Gasteiger partial charge on any atom is -0.414 e. The lowest BCUT2D eigenvalue weighted by Crippen LogP contribution is -2.13. The van der Waals surface area contributed by atoms with E-state index in [9.17, 15) is 24.8 Å². The number of nitrogens with two attached hydrogens (primary N) is 2. The Labute approximate surface area is 389 Å². The van der Waals surface area contributed by atoms with E-state index in [-0.39, 0.29) is 79.3 Å². The largest absolute Gasteiger partial charge is 0.414 e. The van der Waals surface area contributed by atoms with Crippen LogP contribution in [0.1, 0.15) is 46.2 Å². The lowest BCUT2D eigenvalue weighted by atomic mass is 9.93. The van der Waals surface area contributed by atoms with Crippen molar-refractivity contribution in [2.75, 3.05) is 18.9 Å². The standard InChI is InChI=1S/C19H19ClN4O2.C8H8ClN5.C8H11NO.C7H4ClNO4.H2S/c1-13-9-21-19(20)23-18(13)24-11-14(10-22-24)7-17(26)8-16(12-25)15-5-3-2-4-6-15;1-5-2-11-8(9)13-7(5)14-4-6(10)3-12-14;9-8(6-10)7-4-2-1-3-5-7;8-7(10)13-6-3-1-5(2-4-6)9(11)12;/h2-6,9-11,16,25H,7-8,12H2,1H3;2-4H,10H2,1H3;1-5,8,10H,6,9H2;1-4H;1H2/t16-;;8-;;/m1.1../s1. The van der Waals surface area contributed by atoms with Gasteiger partial charge in [0.2, 0.25) is 10.6 Å². The number of anilines is 1. The quantitative estimate of drug-likeness (QED) is 0.0407. The number of aryl methyl sites for hydroxylation is 2. The van der Waals surface area contributed by atoms with Crippen LogP contribution in [0.2, 0.25) is 10.6 Å². The number of ether oxygens (including phenoxy) is 1. The number of aromatic nitrogens is 8. The summed E-state index contributed by atoms with van der Waals surface area (Å²) in [5.74, 6) is 1.25. The van der Waals surface area contributed by atoms with E-state index >= 15 is 0 Å².